The molecule has 0 bridgehead atoms. The molecule has 0 radical (unpaired) electrons. The van der Waals surface area contributed by atoms with Crippen molar-refractivity contribution in [3.63, 3.8) is 0 Å². The van der Waals surface area contributed by atoms with E-state index in [0.717, 1.165) is 47.3 Å². The normalized spacial score (nSPS) is 22.1. The summed E-state index contributed by atoms with van der Waals surface area (Å²) < 4.78 is 6.49. The number of rotatable bonds is 4. The zero-order chi connectivity index (χ0) is 19.6. The number of fused-ring (bicyclic) bond motifs is 1. The minimum atomic E-state index is -0.277. The van der Waals surface area contributed by atoms with Crippen molar-refractivity contribution < 1.29 is 9.53 Å². The van der Waals surface area contributed by atoms with E-state index >= 15 is 0 Å². The quantitative estimate of drug-likeness (QED) is 0.615. The Morgan fingerprint density at radius 1 is 1.14 bits per heavy atom. The van der Waals surface area contributed by atoms with Crippen LogP contribution in [0.3, 0.4) is 0 Å². The van der Waals surface area contributed by atoms with Crippen LogP contribution < -0.4 is 21.1 Å². The Morgan fingerprint density at radius 2 is 1.97 bits per heavy atom. The van der Waals surface area contributed by atoms with Gasteiger partial charge in [-0.3, -0.25) is 4.79 Å². The lowest BCUT2D eigenvalue weighted by molar-refractivity contribution is -0.117. The summed E-state index contributed by atoms with van der Waals surface area (Å²) in [5.41, 5.74) is 9.28. The molecular weight excluding hydrogens is 386 g/mol. The van der Waals surface area contributed by atoms with Crippen LogP contribution >= 0.6 is 11.3 Å². The van der Waals surface area contributed by atoms with Crippen molar-refractivity contribution in [2.24, 2.45) is 0 Å². The summed E-state index contributed by atoms with van der Waals surface area (Å²) in [5, 5.41) is 4.05. The second-order valence-electron chi connectivity index (χ2n) is 7.31. The van der Waals surface area contributed by atoms with Gasteiger partial charge in [-0.25, -0.2) is 15.8 Å². The van der Waals surface area contributed by atoms with Gasteiger partial charge in [-0.2, -0.15) is 0 Å². The van der Waals surface area contributed by atoms with Crippen molar-refractivity contribution in [2.45, 2.75) is 18.5 Å². The zero-order valence-electron chi connectivity index (χ0n) is 15.9. The SMILES string of the molecule is O=C(Nc1ccc2nc(N3CCOCC3)sc2c1)C1CC(c2ccccc2)NN1. The molecule has 2 saturated heterocycles. The summed E-state index contributed by atoms with van der Waals surface area (Å²) in [4.78, 5) is 19.7. The third kappa shape index (κ3) is 3.97. The highest BCUT2D eigenvalue weighted by Crippen LogP contribution is 2.31. The molecule has 2 aliphatic heterocycles. The molecule has 2 aromatic carbocycles. The Balaban J connectivity index is 1.26. The fraction of sp³-hybridized carbons (Fsp3) is 0.333. The molecule has 5 rings (SSSR count). The zero-order valence-corrected chi connectivity index (χ0v) is 16.7. The molecule has 3 heterocycles. The van der Waals surface area contributed by atoms with Gasteiger partial charge >= 0.3 is 0 Å². The van der Waals surface area contributed by atoms with Crippen LogP contribution in [0.4, 0.5) is 10.8 Å². The predicted molar refractivity (Wildman–Crippen MR) is 115 cm³/mol. The van der Waals surface area contributed by atoms with Crippen LogP contribution in [0, 0.1) is 0 Å². The van der Waals surface area contributed by atoms with Crippen molar-refractivity contribution in [3.05, 3.63) is 54.1 Å². The molecular formula is C21H23N5O2S. The molecule has 2 atom stereocenters. The number of amides is 1. The van der Waals surface area contributed by atoms with E-state index in [1.54, 1.807) is 11.3 Å². The molecule has 2 fully saturated rings. The third-order valence-electron chi connectivity index (χ3n) is 5.35. The first-order chi connectivity index (χ1) is 14.3. The van der Waals surface area contributed by atoms with Gasteiger partial charge in [-0.15, -0.1) is 0 Å². The van der Waals surface area contributed by atoms with Gasteiger partial charge in [0.05, 0.1) is 23.4 Å². The number of hydrogen-bond acceptors (Lipinski definition) is 7. The average Bonchev–Trinajstić information content (AvgIpc) is 3.42. The third-order valence-corrected chi connectivity index (χ3v) is 6.43. The van der Waals surface area contributed by atoms with Gasteiger partial charge in [0.1, 0.15) is 6.04 Å². The fourth-order valence-corrected chi connectivity index (χ4v) is 4.80. The Morgan fingerprint density at radius 3 is 2.79 bits per heavy atom. The van der Waals surface area contributed by atoms with E-state index in [1.807, 2.05) is 36.4 Å². The fourth-order valence-electron chi connectivity index (χ4n) is 3.74. The highest BCUT2D eigenvalue weighted by Gasteiger charge is 2.30. The van der Waals surface area contributed by atoms with Crippen LogP contribution in [0.2, 0.25) is 0 Å². The number of ether oxygens (including phenoxy) is 1. The van der Waals surface area contributed by atoms with Crippen LogP contribution in [0.15, 0.2) is 48.5 Å². The molecule has 0 spiro atoms. The highest BCUT2D eigenvalue weighted by molar-refractivity contribution is 7.22. The Labute approximate surface area is 173 Å². The standard InChI is InChI=1S/C21H23N5O2S/c27-20(18-13-17(24-25-18)14-4-2-1-3-5-14)22-15-6-7-16-19(12-15)29-21(23-16)26-8-10-28-11-9-26/h1-7,12,17-18,24-25H,8-11,13H2,(H,22,27). The van der Waals surface area contributed by atoms with E-state index in [-0.39, 0.29) is 18.0 Å². The van der Waals surface area contributed by atoms with E-state index in [2.05, 4.69) is 33.2 Å². The number of nitrogens with zero attached hydrogens (tertiary/aromatic N) is 2. The van der Waals surface area contributed by atoms with E-state index in [4.69, 9.17) is 9.72 Å². The molecule has 1 aromatic heterocycles. The van der Waals surface area contributed by atoms with E-state index in [9.17, 15) is 4.79 Å². The van der Waals surface area contributed by atoms with Crippen LogP contribution in [0.25, 0.3) is 10.2 Å². The lowest BCUT2D eigenvalue weighted by atomic mass is 10.0. The Kier molecular flexibility index (Phi) is 5.15. The Hall–Kier alpha value is -2.52. The molecule has 1 amide bonds. The lowest BCUT2D eigenvalue weighted by Crippen LogP contribution is -2.39. The van der Waals surface area contributed by atoms with Crippen molar-refractivity contribution in [1.29, 1.82) is 0 Å². The monoisotopic (exact) mass is 409 g/mol. The predicted octanol–water partition coefficient (Wildman–Crippen LogP) is 2.68. The molecule has 0 aliphatic carbocycles. The lowest BCUT2D eigenvalue weighted by Gasteiger charge is -2.25. The minimum absolute atomic E-state index is 0.0341. The van der Waals surface area contributed by atoms with E-state index in [0.29, 0.717) is 6.42 Å². The summed E-state index contributed by atoms with van der Waals surface area (Å²) >= 11 is 1.65. The largest absolute Gasteiger partial charge is 0.378 e. The summed E-state index contributed by atoms with van der Waals surface area (Å²) in [6.45, 7) is 3.21. The molecule has 150 valence electrons. The number of carbonyl (C=O) groups excluding carboxylic acids is 1. The number of aromatic nitrogens is 1. The van der Waals surface area contributed by atoms with Gasteiger partial charge in [0.2, 0.25) is 5.91 Å². The summed E-state index contributed by atoms with van der Waals surface area (Å²) in [5.74, 6) is -0.0341. The average molecular weight is 410 g/mol. The molecule has 3 N–H and O–H groups in total. The van der Waals surface area contributed by atoms with Crippen molar-refractivity contribution in [2.75, 3.05) is 36.5 Å². The van der Waals surface area contributed by atoms with E-state index in [1.165, 1.54) is 5.56 Å². The first-order valence-corrected chi connectivity index (χ1v) is 10.7. The van der Waals surface area contributed by atoms with Gasteiger partial charge in [-0.05, 0) is 30.2 Å². The number of thiazole rings is 1. The van der Waals surface area contributed by atoms with E-state index < -0.39 is 0 Å². The maximum absolute atomic E-state index is 12.7. The van der Waals surface area contributed by atoms with Gasteiger partial charge in [0.15, 0.2) is 5.13 Å². The smallest absolute Gasteiger partial charge is 0.242 e. The molecule has 2 unspecified atom stereocenters. The maximum Gasteiger partial charge on any atom is 0.242 e. The summed E-state index contributed by atoms with van der Waals surface area (Å²) in [6.07, 6.45) is 0.708. The second kappa shape index (κ2) is 8.08. The number of benzene rings is 2. The Bertz CT molecular complexity index is 1000. The number of carbonyl (C=O) groups is 1. The van der Waals surface area contributed by atoms with Gasteiger partial charge in [0.25, 0.3) is 0 Å². The number of hydrogen-bond donors (Lipinski definition) is 3. The van der Waals surface area contributed by atoms with Crippen molar-refractivity contribution in [3.8, 4) is 0 Å². The van der Waals surface area contributed by atoms with Crippen LogP contribution in [0.1, 0.15) is 18.0 Å². The topological polar surface area (TPSA) is 78.5 Å². The van der Waals surface area contributed by atoms with Crippen LogP contribution in [0.5, 0.6) is 0 Å². The van der Waals surface area contributed by atoms with Gasteiger partial charge in [-0.1, -0.05) is 41.7 Å². The number of morpholine rings is 1. The summed E-state index contributed by atoms with van der Waals surface area (Å²) in [7, 11) is 0. The highest BCUT2D eigenvalue weighted by atomic mass is 32.1. The molecule has 7 nitrogen and oxygen atoms in total. The molecule has 29 heavy (non-hydrogen) atoms. The summed E-state index contributed by atoms with van der Waals surface area (Å²) in [6, 6.07) is 15.9. The molecule has 3 aromatic rings. The molecule has 2 aliphatic rings. The van der Waals surface area contributed by atoms with Gasteiger partial charge < -0.3 is 15.0 Å². The van der Waals surface area contributed by atoms with Crippen LogP contribution in [-0.2, 0) is 9.53 Å². The number of hydrazine groups is 1. The maximum atomic E-state index is 12.7. The second-order valence-corrected chi connectivity index (χ2v) is 8.32. The van der Waals surface area contributed by atoms with Crippen LogP contribution in [-0.4, -0.2) is 43.2 Å². The minimum Gasteiger partial charge on any atom is -0.378 e. The first kappa shape index (κ1) is 18.5. The molecule has 0 saturated carbocycles. The first-order valence-electron chi connectivity index (χ1n) is 9.86. The number of anilines is 2. The van der Waals surface area contributed by atoms with Crippen molar-refractivity contribution >= 4 is 38.3 Å². The number of nitrogens with one attached hydrogen (secondary N) is 3. The van der Waals surface area contributed by atoms with Gasteiger partial charge in [0, 0.05) is 24.8 Å². The van der Waals surface area contributed by atoms with Crippen molar-refractivity contribution in [1.82, 2.24) is 15.8 Å². The molecule has 8 heteroatoms.